The smallest absolute Gasteiger partial charge is 0.272 e. The van der Waals surface area contributed by atoms with Crippen LogP contribution in [0.1, 0.15) is 29.9 Å². The SMILES string of the molecule is CC(C)NC(=O)C1(Cc2ccc(-c3cccs3)cc2)CN(C(=O)c2ccccn2)CCO1. The quantitative estimate of drug-likeness (QED) is 0.622. The van der Waals surface area contributed by atoms with E-state index in [1.807, 2.05) is 32.0 Å². The zero-order valence-electron chi connectivity index (χ0n) is 18.3. The molecule has 166 valence electrons. The maximum absolute atomic E-state index is 13.3. The van der Waals surface area contributed by atoms with E-state index in [-0.39, 0.29) is 31.0 Å². The summed E-state index contributed by atoms with van der Waals surface area (Å²) in [5.74, 6) is -0.392. The van der Waals surface area contributed by atoms with Crippen LogP contribution in [-0.4, -0.2) is 53.0 Å². The summed E-state index contributed by atoms with van der Waals surface area (Å²) >= 11 is 1.69. The Morgan fingerprint density at radius 3 is 2.62 bits per heavy atom. The fourth-order valence-corrected chi connectivity index (χ4v) is 4.62. The molecule has 1 unspecified atom stereocenters. The van der Waals surface area contributed by atoms with Gasteiger partial charge in [0.1, 0.15) is 5.69 Å². The van der Waals surface area contributed by atoms with Gasteiger partial charge in [-0.25, -0.2) is 0 Å². The van der Waals surface area contributed by atoms with E-state index in [9.17, 15) is 9.59 Å². The van der Waals surface area contributed by atoms with E-state index in [1.54, 1.807) is 40.6 Å². The van der Waals surface area contributed by atoms with Gasteiger partial charge in [0.05, 0.1) is 13.2 Å². The number of nitrogens with one attached hydrogen (secondary N) is 1. The van der Waals surface area contributed by atoms with Gasteiger partial charge in [0, 0.05) is 30.1 Å². The summed E-state index contributed by atoms with van der Waals surface area (Å²) in [5.41, 5.74) is 1.34. The Balaban J connectivity index is 1.59. The Bertz CT molecular complexity index is 1050. The summed E-state index contributed by atoms with van der Waals surface area (Å²) in [6, 6.07) is 17.5. The zero-order chi connectivity index (χ0) is 22.6. The van der Waals surface area contributed by atoms with Crippen LogP contribution >= 0.6 is 11.3 Å². The van der Waals surface area contributed by atoms with Crippen molar-refractivity contribution < 1.29 is 14.3 Å². The van der Waals surface area contributed by atoms with Crippen LogP contribution in [0.2, 0.25) is 0 Å². The van der Waals surface area contributed by atoms with Gasteiger partial charge < -0.3 is 15.0 Å². The van der Waals surface area contributed by atoms with E-state index >= 15 is 0 Å². The van der Waals surface area contributed by atoms with Crippen molar-refractivity contribution in [3.63, 3.8) is 0 Å². The second kappa shape index (κ2) is 9.63. The lowest BCUT2D eigenvalue weighted by Crippen LogP contribution is -2.62. The van der Waals surface area contributed by atoms with Crippen molar-refractivity contribution in [2.75, 3.05) is 19.7 Å². The molecule has 0 bridgehead atoms. The molecular weight excluding hydrogens is 422 g/mol. The van der Waals surface area contributed by atoms with Gasteiger partial charge in [-0.2, -0.15) is 0 Å². The molecule has 1 N–H and O–H groups in total. The number of carbonyl (C=O) groups is 2. The van der Waals surface area contributed by atoms with Crippen LogP contribution in [-0.2, 0) is 16.0 Å². The fourth-order valence-electron chi connectivity index (χ4n) is 3.89. The molecule has 1 aliphatic heterocycles. The molecule has 3 aromatic rings. The first kappa shape index (κ1) is 22.2. The molecule has 0 radical (unpaired) electrons. The number of thiophene rings is 1. The minimum absolute atomic E-state index is 0.0361. The second-order valence-corrected chi connectivity index (χ2v) is 9.21. The molecular formula is C25H27N3O3S. The Morgan fingerprint density at radius 2 is 1.97 bits per heavy atom. The third-order valence-corrected chi connectivity index (χ3v) is 6.36. The second-order valence-electron chi connectivity index (χ2n) is 8.26. The molecule has 3 heterocycles. The first-order valence-corrected chi connectivity index (χ1v) is 11.6. The summed E-state index contributed by atoms with van der Waals surface area (Å²) in [7, 11) is 0. The molecule has 1 aliphatic rings. The number of amides is 2. The molecule has 7 heteroatoms. The maximum Gasteiger partial charge on any atom is 0.272 e. The highest BCUT2D eigenvalue weighted by molar-refractivity contribution is 7.13. The van der Waals surface area contributed by atoms with E-state index in [0.29, 0.717) is 18.7 Å². The highest BCUT2D eigenvalue weighted by Crippen LogP contribution is 2.28. The number of carbonyl (C=O) groups excluding carboxylic acids is 2. The Morgan fingerprint density at radius 1 is 1.16 bits per heavy atom. The normalized spacial score (nSPS) is 18.5. The van der Waals surface area contributed by atoms with Crippen molar-refractivity contribution in [3.8, 4) is 10.4 Å². The molecule has 0 saturated carbocycles. The Labute approximate surface area is 192 Å². The van der Waals surface area contributed by atoms with Crippen molar-refractivity contribution in [2.45, 2.75) is 31.9 Å². The minimum Gasteiger partial charge on any atom is -0.361 e. The molecule has 4 rings (SSSR count). The third kappa shape index (κ3) is 4.89. The van der Waals surface area contributed by atoms with Crippen molar-refractivity contribution in [1.82, 2.24) is 15.2 Å². The summed E-state index contributed by atoms with van der Waals surface area (Å²) in [5, 5.41) is 5.04. The molecule has 1 fully saturated rings. The topological polar surface area (TPSA) is 71.5 Å². The van der Waals surface area contributed by atoms with Crippen LogP contribution in [0.5, 0.6) is 0 Å². The van der Waals surface area contributed by atoms with Gasteiger partial charge in [0.25, 0.3) is 11.8 Å². The van der Waals surface area contributed by atoms with E-state index in [4.69, 9.17) is 4.74 Å². The molecule has 2 amide bonds. The van der Waals surface area contributed by atoms with Crippen molar-refractivity contribution in [1.29, 1.82) is 0 Å². The van der Waals surface area contributed by atoms with Crippen molar-refractivity contribution in [2.24, 2.45) is 0 Å². The number of benzene rings is 1. The molecule has 0 aliphatic carbocycles. The van der Waals surface area contributed by atoms with Gasteiger partial charge in [-0.1, -0.05) is 36.4 Å². The van der Waals surface area contributed by atoms with Gasteiger partial charge in [-0.15, -0.1) is 11.3 Å². The summed E-state index contributed by atoms with van der Waals surface area (Å²) in [6.45, 7) is 4.72. The van der Waals surface area contributed by atoms with Crippen LogP contribution in [0.3, 0.4) is 0 Å². The first-order valence-electron chi connectivity index (χ1n) is 10.7. The predicted molar refractivity (Wildman–Crippen MR) is 126 cm³/mol. The molecule has 1 saturated heterocycles. The van der Waals surface area contributed by atoms with Crippen molar-refractivity contribution in [3.05, 3.63) is 77.4 Å². The fraction of sp³-hybridized carbons (Fsp3) is 0.320. The lowest BCUT2D eigenvalue weighted by atomic mass is 9.90. The molecule has 1 atom stereocenters. The Kier molecular flexibility index (Phi) is 6.67. The number of hydrogen-bond acceptors (Lipinski definition) is 5. The monoisotopic (exact) mass is 449 g/mol. The van der Waals surface area contributed by atoms with E-state index in [2.05, 4.69) is 33.9 Å². The van der Waals surface area contributed by atoms with Crippen LogP contribution in [0.4, 0.5) is 0 Å². The number of hydrogen-bond donors (Lipinski definition) is 1. The van der Waals surface area contributed by atoms with Crippen LogP contribution in [0.25, 0.3) is 10.4 Å². The Hall–Kier alpha value is -3.03. The summed E-state index contributed by atoms with van der Waals surface area (Å²) in [4.78, 5) is 33.4. The lowest BCUT2D eigenvalue weighted by Gasteiger charge is -2.42. The van der Waals surface area contributed by atoms with Crippen LogP contribution in [0, 0.1) is 0 Å². The summed E-state index contributed by atoms with van der Waals surface area (Å²) < 4.78 is 6.13. The van der Waals surface area contributed by atoms with Crippen molar-refractivity contribution >= 4 is 23.2 Å². The maximum atomic E-state index is 13.3. The number of pyridine rings is 1. The third-order valence-electron chi connectivity index (χ3n) is 5.44. The highest BCUT2D eigenvalue weighted by atomic mass is 32.1. The standard InChI is InChI=1S/C25H27N3O3S/c1-18(2)27-24(30)25(16-19-8-10-20(11-9-19)22-7-5-15-32-22)17-28(13-14-31-25)23(29)21-6-3-4-12-26-21/h3-12,15,18H,13-14,16-17H2,1-2H3,(H,27,30). The first-order chi connectivity index (χ1) is 15.5. The van der Waals surface area contributed by atoms with Gasteiger partial charge >= 0.3 is 0 Å². The zero-order valence-corrected chi connectivity index (χ0v) is 19.1. The van der Waals surface area contributed by atoms with Gasteiger partial charge in [-0.05, 0) is 48.6 Å². The largest absolute Gasteiger partial charge is 0.361 e. The van der Waals surface area contributed by atoms with E-state index < -0.39 is 5.60 Å². The minimum atomic E-state index is -1.16. The summed E-state index contributed by atoms with van der Waals surface area (Å²) in [6.07, 6.45) is 1.98. The molecule has 0 spiro atoms. The van der Waals surface area contributed by atoms with Crippen LogP contribution < -0.4 is 5.32 Å². The molecule has 32 heavy (non-hydrogen) atoms. The van der Waals surface area contributed by atoms with Gasteiger partial charge in [0.15, 0.2) is 5.60 Å². The van der Waals surface area contributed by atoms with Crippen LogP contribution in [0.15, 0.2) is 66.2 Å². The molecule has 1 aromatic carbocycles. The van der Waals surface area contributed by atoms with Gasteiger partial charge in [0.2, 0.25) is 0 Å². The number of rotatable bonds is 6. The average Bonchev–Trinajstić information content (AvgIpc) is 3.34. The van der Waals surface area contributed by atoms with Gasteiger partial charge in [-0.3, -0.25) is 14.6 Å². The number of ether oxygens (including phenoxy) is 1. The lowest BCUT2D eigenvalue weighted by molar-refractivity contribution is -0.157. The van der Waals surface area contributed by atoms with E-state index in [0.717, 1.165) is 11.1 Å². The molecule has 2 aromatic heterocycles. The predicted octanol–water partition coefficient (Wildman–Crippen LogP) is 3.79. The highest BCUT2D eigenvalue weighted by Gasteiger charge is 2.45. The number of nitrogens with zero attached hydrogens (tertiary/aromatic N) is 2. The van der Waals surface area contributed by atoms with E-state index in [1.165, 1.54) is 4.88 Å². The molecule has 6 nitrogen and oxygen atoms in total. The average molecular weight is 450 g/mol. The number of aromatic nitrogens is 1. The number of morpholine rings is 1.